The van der Waals surface area contributed by atoms with E-state index in [1.54, 1.807) is 32.6 Å². The van der Waals surface area contributed by atoms with Crippen molar-refractivity contribution >= 4 is 28.4 Å². The number of rotatable bonds is 7. The van der Waals surface area contributed by atoms with Crippen LogP contribution in [-0.2, 0) is 0 Å². The molecule has 1 aromatic heterocycles. The molecule has 4 rings (SSSR count). The summed E-state index contributed by atoms with van der Waals surface area (Å²) in [6.45, 7) is 0. The Hall–Kier alpha value is -4.04. The monoisotopic (exact) mass is 445 g/mol. The molecule has 0 radical (unpaired) electrons. The number of non-ortho nitro benzene ring substituents is 1. The number of thiazole rings is 1. The lowest BCUT2D eigenvalue weighted by atomic mass is 10.1. The minimum Gasteiger partial charge on any atom is -0.497 e. The minimum absolute atomic E-state index is 0.0443. The van der Waals surface area contributed by atoms with E-state index in [-0.39, 0.29) is 5.69 Å². The van der Waals surface area contributed by atoms with Gasteiger partial charge in [-0.25, -0.2) is 9.98 Å². The predicted molar refractivity (Wildman–Crippen MR) is 126 cm³/mol. The number of nitrogens with zero attached hydrogens (tertiary/aromatic N) is 3. The van der Waals surface area contributed by atoms with E-state index in [0.29, 0.717) is 16.6 Å². The highest BCUT2D eigenvalue weighted by Crippen LogP contribution is 2.40. The average molecular weight is 446 g/mol. The molecule has 0 aliphatic rings. The normalized spacial score (nSPS) is 10.9. The van der Waals surface area contributed by atoms with Crippen LogP contribution in [0.2, 0.25) is 0 Å². The first-order valence-electron chi connectivity index (χ1n) is 9.66. The molecule has 0 amide bonds. The Morgan fingerprint density at radius 1 is 0.969 bits per heavy atom. The molecular formula is C24H19N3O4S. The highest BCUT2D eigenvalue weighted by Gasteiger charge is 2.16. The Kier molecular flexibility index (Phi) is 6.23. The Labute approximate surface area is 188 Å². The van der Waals surface area contributed by atoms with Crippen LogP contribution in [0.1, 0.15) is 5.56 Å². The summed E-state index contributed by atoms with van der Waals surface area (Å²) in [5.74, 6) is 1.37. The number of ether oxygens (including phenoxy) is 2. The van der Waals surface area contributed by atoms with Gasteiger partial charge in [0, 0.05) is 29.5 Å². The van der Waals surface area contributed by atoms with E-state index >= 15 is 0 Å². The summed E-state index contributed by atoms with van der Waals surface area (Å²) in [6.07, 6.45) is 1.69. The number of hydrogen-bond acceptors (Lipinski definition) is 7. The fraction of sp³-hybridized carbons (Fsp3) is 0.0833. The molecule has 160 valence electrons. The van der Waals surface area contributed by atoms with Gasteiger partial charge in [0.1, 0.15) is 11.5 Å². The van der Waals surface area contributed by atoms with Crippen LogP contribution in [0.5, 0.6) is 11.5 Å². The maximum Gasteiger partial charge on any atom is 0.269 e. The average Bonchev–Trinajstić information content (AvgIpc) is 3.27. The Balaban J connectivity index is 1.76. The van der Waals surface area contributed by atoms with Crippen LogP contribution in [-0.4, -0.2) is 30.3 Å². The van der Waals surface area contributed by atoms with Gasteiger partial charge in [0.25, 0.3) is 5.69 Å². The van der Waals surface area contributed by atoms with Crippen molar-refractivity contribution in [2.45, 2.75) is 0 Å². The number of aromatic nitrogens is 1. The number of aliphatic imine (C=N–C) groups is 1. The van der Waals surface area contributed by atoms with Crippen molar-refractivity contribution in [2.24, 2.45) is 4.99 Å². The molecule has 0 saturated carbocycles. The van der Waals surface area contributed by atoms with E-state index in [9.17, 15) is 10.1 Å². The lowest BCUT2D eigenvalue weighted by molar-refractivity contribution is -0.384. The van der Waals surface area contributed by atoms with E-state index in [1.807, 2.05) is 48.5 Å². The summed E-state index contributed by atoms with van der Waals surface area (Å²) < 4.78 is 10.7. The van der Waals surface area contributed by atoms with Gasteiger partial charge in [-0.3, -0.25) is 10.1 Å². The molecule has 0 aliphatic heterocycles. The van der Waals surface area contributed by atoms with Gasteiger partial charge in [-0.05, 0) is 35.9 Å². The molecule has 0 aliphatic carbocycles. The summed E-state index contributed by atoms with van der Waals surface area (Å²) in [5.41, 5.74) is 3.36. The van der Waals surface area contributed by atoms with Crippen LogP contribution in [0.25, 0.3) is 21.7 Å². The predicted octanol–water partition coefficient (Wildman–Crippen LogP) is 6.15. The molecule has 3 aromatic carbocycles. The Bertz CT molecular complexity index is 1270. The van der Waals surface area contributed by atoms with Gasteiger partial charge in [-0.1, -0.05) is 41.7 Å². The van der Waals surface area contributed by atoms with Crippen molar-refractivity contribution in [3.8, 4) is 33.2 Å². The summed E-state index contributed by atoms with van der Waals surface area (Å²) in [5, 5.41) is 11.6. The minimum atomic E-state index is -0.411. The highest BCUT2D eigenvalue weighted by molar-refractivity contribution is 7.19. The number of nitro groups is 1. The third-order valence-electron chi connectivity index (χ3n) is 4.75. The lowest BCUT2D eigenvalue weighted by Crippen LogP contribution is -1.92. The lowest BCUT2D eigenvalue weighted by Gasteiger charge is -2.06. The zero-order chi connectivity index (χ0) is 22.5. The molecule has 1 heterocycles. The van der Waals surface area contributed by atoms with Crippen molar-refractivity contribution in [3.05, 3.63) is 88.5 Å². The van der Waals surface area contributed by atoms with E-state index in [0.717, 1.165) is 27.3 Å². The third-order valence-corrected chi connectivity index (χ3v) is 5.77. The molecular weight excluding hydrogens is 426 g/mol. The second-order valence-electron chi connectivity index (χ2n) is 6.71. The van der Waals surface area contributed by atoms with Crippen LogP contribution in [0, 0.1) is 10.1 Å². The number of benzene rings is 3. The number of methoxy groups -OCH3 is 2. The van der Waals surface area contributed by atoms with Crippen LogP contribution >= 0.6 is 11.3 Å². The summed E-state index contributed by atoms with van der Waals surface area (Å²) in [7, 11) is 3.20. The summed E-state index contributed by atoms with van der Waals surface area (Å²) in [4.78, 5) is 20.8. The fourth-order valence-corrected chi connectivity index (χ4v) is 4.09. The zero-order valence-electron chi connectivity index (χ0n) is 17.4. The molecule has 0 saturated heterocycles. The topological polar surface area (TPSA) is 86.8 Å². The van der Waals surface area contributed by atoms with Gasteiger partial charge in [0.05, 0.1) is 29.7 Å². The standard InChI is InChI=1S/C24H19N3O4S/c1-30-20-12-13-21(31-2)18(14-20)15-25-24-26-22(16-6-4-3-5-7-16)23(32-24)17-8-10-19(11-9-17)27(28)29/h3-15H,1-2H3. The van der Waals surface area contributed by atoms with Crippen LogP contribution in [0.3, 0.4) is 0 Å². The molecule has 4 aromatic rings. The maximum absolute atomic E-state index is 11.0. The first kappa shape index (κ1) is 21.2. The Morgan fingerprint density at radius 2 is 1.72 bits per heavy atom. The zero-order valence-corrected chi connectivity index (χ0v) is 18.2. The van der Waals surface area contributed by atoms with Gasteiger partial charge in [-0.15, -0.1) is 0 Å². The smallest absolute Gasteiger partial charge is 0.269 e. The van der Waals surface area contributed by atoms with Gasteiger partial charge in [-0.2, -0.15) is 0 Å². The first-order valence-corrected chi connectivity index (χ1v) is 10.5. The second-order valence-corrected chi connectivity index (χ2v) is 7.69. The molecule has 8 heteroatoms. The molecule has 0 unspecified atom stereocenters. The largest absolute Gasteiger partial charge is 0.497 e. The van der Waals surface area contributed by atoms with Crippen molar-refractivity contribution in [3.63, 3.8) is 0 Å². The van der Waals surface area contributed by atoms with E-state index in [4.69, 9.17) is 14.5 Å². The van der Waals surface area contributed by atoms with Crippen LogP contribution in [0.4, 0.5) is 10.8 Å². The van der Waals surface area contributed by atoms with Crippen LogP contribution < -0.4 is 9.47 Å². The van der Waals surface area contributed by atoms with Crippen molar-refractivity contribution in [1.82, 2.24) is 4.98 Å². The SMILES string of the molecule is COc1ccc(OC)c(C=Nc2nc(-c3ccccc3)c(-c3ccc([N+](=O)[O-])cc3)s2)c1. The van der Waals surface area contributed by atoms with Gasteiger partial charge >= 0.3 is 0 Å². The van der Waals surface area contributed by atoms with Crippen molar-refractivity contribution < 1.29 is 14.4 Å². The van der Waals surface area contributed by atoms with Gasteiger partial charge in [0.2, 0.25) is 5.13 Å². The number of hydrogen-bond donors (Lipinski definition) is 0. The van der Waals surface area contributed by atoms with Gasteiger partial charge < -0.3 is 9.47 Å². The maximum atomic E-state index is 11.0. The molecule has 0 atom stereocenters. The quantitative estimate of drug-likeness (QED) is 0.193. The molecule has 7 nitrogen and oxygen atoms in total. The second kappa shape index (κ2) is 9.40. The van der Waals surface area contributed by atoms with E-state index in [1.165, 1.54) is 23.5 Å². The molecule has 0 spiro atoms. The van der Waals surface area contributed by atoms with E-state index < -0.39 is 4.92 Å². The van der Waals surface area contributed by atoms with Crippen molar-refractivity contribution in [2.75, 3.05) is 14.2 Å². The molecule has 0 N–H and O–H groups in total. The van der Waals surface area contributed by atoms with Gasteiger partial charge in [0.15, 0.2) is 0 Å². The number of nitro benzene ring substituents is 1. The molecule has 0 bridgehead atoms. The third kappa shape index (κ3) is 4.50. The summed E-state index contributed by atoms with van der Waals surface area (Å²) in [6, 6.07) is 21.7. The molecule has 0 fully saturated rings. The van der Waals surface area contributed by atoms with Crippen molar-refractivity contribution in [1.29, 1.82) is 0 Å². The van der Waals surface area contributed by atoms with E-state index in [2.05, 4.69) is 4.99 Å². The highest BCUT2D eigenvalue weighted by atomic mass is 32.1. The summed E-state index contributed by atoms with van der Waals surface area (Å²) >= 11 is 1.41. The first-order chi connectivity index (χ1) is 15.6. The van der Waals surface area contributed by atoms with Crippen LogP contribution in [0.15, 0.2) is 77.8 Å². The Morgan fingerprint density at radius 3 is 2.38 bits per heavy atom. The molecule has 32 heavy (non-hydrogen) atoms. The fourth-order valence-electron chi connectivity index (χ4n) is 3.15.